The number of pyridine rings is 1. The van der Waals surface area contributed by atoms with Crippen LogP contribution in [0.1, 0.15) is 16.8 Å². The zero-order chi connectivity index (χ0) is 15.8. The average Bonchev–Trinajstić information content (AvgIpc) is 2.54. The van der Waals surface area contributed by atoms with Crippen LogP contribution in [-0.2, 0) is 13.0 Å². The van der Waals surface area contributed by atoms with Crippen LogP contribution in [0.4, 0.5) is 4.39 Å². The van der Waals surface area contributed by atoms with Crippen molar-refractivity contribution in [1.29, 1.82) is 0 Å². The van der Waals surface area contributed by atoms with Crippen LogP contribution in [0.15, 0.2) is 47.6 Å². The van der Waals surface area contributed by atoms with Crippen LogP contribution in [0.3, 0.4) is 0 Å². The molecule has 2 aromatic rings. The third-order valence-electron chi connectivity index (χ3n) is 3.31. The summed E-state index contributed by atoms with van der Waals surface area (Å²) in [5, 5.41) is 6.32. The van der Waals surface area contributed by atoms with Crippen LogP contribution in [0.5, 0.6) is 0 Å². The summed E-state index contributed by atoms with van der Waals surface area (Å²) >= 11 is 0. The fraction of sp³-hybridized carbons (Fsp3) is 0.294. The van der Waals surface area contributed by atoms with Gasteiger partial charge in [-0.15, -0.1) is 24.0 Å². The monoisotopic (exact) mass is 428 g/mol. The third-order valence-corrected chi connectivity index (χ3v) is 3.31. The lowest BCUT2D eigenvalue weighted by Crippen LogP contribution is -2.38. The van der Waals surface area contributed by atoms with E-state index in [2.05, 4.69) is 26.7 Å². The lowest BCUT2D eigenvalue weighted by atomic mass is 10.2. The van der Waals surface area contributed by atoms with Gasteiger partial charge in [-0.05, 0) is 31.0 Å². The summed E-state index contributed by atoms with van der Waals surface area (Å²) in [4.78, 5) is 8.40. The van der Waals surface area contributed by atoms with Crippen LogP contribution < -0.4 is 10.6 Å². The Balaban J connectivity index is 0.00000264. The first kappa shape index (κ1) is 19.3. The van der Waals surface area contributed by atoms with Gasteiger partial charge in [0.05, 0.1) is 0 Å². The summed E-state index contributed by atoms with van der Waals surface area (Å²) in [5.41, 5.74) is 2.80. The van der Waals surface area contributed by atoms with E-state index in [4.69, 9.17) is 0 Å². The minimum Gasteiger partial charge on any atom is -0.356 e. The first-order valence-electron chi connectivity index (χ1n) is 7.28. The molecule has 0 atom stereocenters. The standard InChI is InChI=1S/C17H21FN4.HI/c1-13-7-8-14(11-21-13)9-10-20-17(19-2)22-12-15-5-3-4-6-16(15)18;/h3-8,11H,9-10,12H2,1-2H3,(H2,19,20,22);1H. The van der Waals surface area contributed by atoms with E-state index in [-0.39, 0.29) is 29.8 Å². The molecule has 0 spiro atoms. The molecular formula is C17H22FIN4. The Morgan fingerprint density at radius 2 is 1.96 bits per heavy atom. The highest BCUT2D eigenvalue weighted by Crippen LogP contribution is 2.05. The van der Waals surface area contributed by atoms with Gasteiger partial charge >= 0.3 is 0 Å². The van der Waals surface area contributed by atoms with Gasteiger partial charge in [0, 0.05) is 37.6 Å². The first-order chi connectivity index (χ1) is 10.7. The highest BCUT2D eigenvalue weighted by atomic mass is 127. The summed E-state index contributed by atoms with van der Waals surface area (Å²) in [6.45, 7) is 3.11. The Morgan fingerprint density at radius 1 is 1.17 bits per heavy atom. The van der Waals surface area contributed by atoms with Gasteiger partial charge in [0.15, 0.2) is 5.96 Å². The van der Waals surface area contributed by atoms with Crippen molar-refractivity contribution in [2.45, 2.75) is 19.9 Å². The second-order valence-electron chi connectivity index (χ2n) is 5.00. The number of guanidine groups is 1. The zero-order valence-electron chi connectivity index (χ0n) is 13.3. The Bertz CT molecular complexity index is 629. The Morgan fingerprint density at radius 3 is 2.61 bits per heavy atom. The minimum absolute atomic E-state index is 0. The number of hydrogen-bond acceptors (Lipinski definition) is 2. The second kappa shape index (κ2) is 10.1. The first-order valence-corrected chi connectivity index (χ1v) is 7.28. The Kier molecular flexibility index (Phi) is 8.53. The smallest absolute Gasteiger partial charge is 0.191 e. The van der Waals surface area contributed by atoms with Crippen LogP contribution in [-0.4, -0.2) is 24.5 Å². The molecule has 0 fully saturated rings. The van der Waals surface area contributed by atoms with Crippen molar-refractivity contribution < 1.29 is 4.39 Å². The van der Waals surface area contributed by atoms with Gasteiger partial charge in [0.2, 0.25) is 0 Å². The molecule has 124 valence electrons. The highest BCUT2D eigenvalue weighted by Gasteiger charge is 2.02. The number of aryl methyl sites for hydroxylation is 1. The van der Waals surface area contributed by atoms with Gasteiger partial charge in [0.25, 0.3) is 0 Å². The van der Waals surface area contributed by atoms with Crippen molar-refractivity contribution in [3.05, 3.63) is 65.2 Å². The zero-order valence-corrected chi connectivity index (χ0v) is 15.7. The number of halogens is 2. The Hall–Kier alpha value is -1.70. The number of nitrogens with zero attached hydrogens (tertiary/aromatic N) is 2. The lowest BCUT2D eigenvalue weighted by Gasteiger charge is -2.12. The van der Waals surface area contributed by atoms with Gasteiger partial charge in [0.1, 0.15) is 5.82 Å². The summed E-state index contributed by atoms with van der Waals surface area (Å²) in [7, 11) is 1.70. The van der Waals surface area contributed by atoms with Crippen molar-refractivity contribution in [3.8, 4) is 0 Å². The topological polar surface area (TPSA) is 49.3 Å². The maximum absolute atomic E-state index is 13.5. The number of hydrogen-bond donors (Lipinski definition) is 2. The van der Waals surface area contributed by atoms with Crippen molar-refractivity contribution in [1.82, 2.24) is 15.6 Å². The van der Waals surface area contributed by atoms with Gasteiger partial charge < -0.3 is 10.6 Å². The van der Waals surface area contributed by atoms with Gasteiger partial charge in [-0.1, -0.05) is 24.3 Å². The molecule has 0 aliphatic heterocycles. The molecule has 0 saturated carbocycles. The van der Waals surface area contributed by atoms with E-state index in [0.29, 0.717) is 18.1 Å². The van der Waals surface area contributed by atoms with Gasteiger partial charge in [-0.25, -0.2) is 4.39 Å². The molecule has 1 aromatic heterocycles. The molecule has 2 rings (SSSR count). The molecule has 4 nitrogen and oxygen atoms in total. The molecule has 0 bridgehead atoms. The predicted octanol–water partition coefficient (Wildman–Crippen LogP) is 3.05. The van der Waals surface area contributed by atoms with Crippen LogP contribution >= 0.6 is 24.0 Å². The molecule has 23 heavy (non-hydrogen) atoms. The molecule has 1 aromatic carbocycles. The molecule has 0 aliphatic carbocycles. The van der Waals surface area contributed by atoms with E-state index in [1.807, 2.05) is 25.3 Å². The maximum Gasteiger partial charge on any atom is 0.191 e. The summed E-state index contributed by atoms with van der Waals surface area (Å²) in [6, 6.07) is 10.8. The maximum atomic E-state index is 13.5. The molecule has 0 amide bonds. The largest absolute Gasteiger partial charge is 0.356 e. The quantitative estimate of drug-likeness (QED) is 0.438. The number of rotatable bonds is 5. The average molecular weight is 428 g/mol. The second-order valence-corrected chi connectivity index (χ2v) is 5.00. The fourth-order valence-corrected chi connectivity index (χ4v) is 2.01. The van der Waals surface area contributed by atoms with E-state index in [0.717, 1.165) is 18.7 Å². The molecule has 1 heterocycles. The molecule has 0 unspecified atom stereocenters. The van der Waals surface area contributed by atoms with Crippen LogP contribution in [0, 0.1) is 12.7 Å². The molecule has 6 heteroatoms. The van der Waals surface area contributed by atoms with Crippen LogP contribution in [0.25, 0.3) is 0 Å². The highest BCUT2D eigenvalue weighted by molar-refractivity contribution is 14.0. The predicted molar refractivity (Wildman–Crippen MR) is 103 cm³/mol. The third kappa shape index (κ3) is 6.52. The SMILES string of the molecule is CN=C(NCCc1ccc(C)nc1)NCc1ccccc1F.I. The van der Waals surface area contributed by atoms with Gasteiger partial charge in [-0.3, -0.25) is 9.98 Å². The van der Waals surface area contributed by atoms with Crippen molar-refractivity contribution in [2.75, 3.05) is 13.6 Å². The normalized spacial score (nSPS) is 10.8. The fourth-order valence-electron chi connectivity index (χ4n) is 2.01. The molecular weight excluding hydrogens is 406 g/mol. The summed E-state index contributed by atoms with van der Waals surface area (Å²) < 4.78 is 13.5. The summed E-state index contributed by atoms with van der Waals surface area (Å²) in [5.74, 6) is 0.444. The van der Waals surface area contributed by atoms with Crippen molar-refractivity contribution >= 4 is 29.9 Å². The molecule has 0 radical (unpaired) electrons. The number of benzene rings is 1. The van der Waals surface area contributed by atoms with Crippen molar-refractivity contribution in [3.63, 3.8) is 0 Å². The van der Waals surface area contributed by atoms with E-state index < -0.39 is 0 Å². The summed E-state index contributed by atoms with van der Waals surface area (Å²) in [6.07, 6.45) is 2.74. The lowest BCUT2D eigenvalue weighted by molar-refractivity contribution is 0.604. The molecule has 0 aliphatic rings. The number of nitrogens with one attached hydrogen (secondary N) is 2. The number of aliphatic imine (C=N–C) groups is 1. The van der Waals surface area contributed by atoms with E-state index in [1.54, 1.807) is 19.2 Å². The van der Waals surface area contributed by atoms with E-state index >= 15 is 0 Å². The van der Waals surface area contributed by atoms with E-state index in [9.17, 15) is 4.39 Å². The van der Waals surface area contributed by atoms with Gasteiger partial charge in [-0.2, -0.15) is 0 Å². The van der Waals surface area contributed by atoms with Crippen molar-refractivity contribution in [2.24, 2.45) is 4.99 Å². The van der Waals surface area contributed by atoms with Crippen LogP contribution in [0.2, 0.25) is 0 Å². The minimum atomic E-state index is -0.212. The Labute approximate surface area is 153 Å². The molecule has 0 saturated heterocycles. The van der Waals surface area contributed by atoms with E-state index in [1.165, 1.54) is 11.6 Å². The number of aromatic nitrogens is 1. The molecule has 2 N–H and O–H groups in total.